The van der Waals surface area contributed by atoms with Crippen molar-refractivity contribution in [1.82, 2.24) is 0 Å². The third-order valence-corrected chi connectivity index (χ3v) is 1.89. The predicted octanol–water partition coefficient (Wildman–Crippen LogP) is 2.20. The maximum atomic E-state index is 11.2. The Morgan fingerprint density at radius 3 is 2.38 bits per heavy atom. The van der Waals surface area contributed by atoms with Crippen molar-refractivity contribution in [3.8, 4) is 5.75 Å². The highest BCUT2D eigenvalue weighted by Crippen LogP contribution is 2.15. The number of halogens is 1. The van der Waals surface area contributed by atoms with Gasteiger partial charge in [-0.2, -0.15) is 0 Å². The van der Waals surface area contributed by atoms with E-state index in [-0.39, 0.29) is 6.61 Å². The number of rotatable bonds is 4. The number of carbonyl (C=O) groups is 2. The molecule has 0 amide bonds. The van der Waals surface area contributed by atoms with E-state index in [0.717, 1.165) is 0 Å². The summed E-state index contributed by atoms with van der Waals surface area (Å²) in [7, 11) is 0. The molecule has 1 aromatic carbocycles. The zero-order chi connectivity index (χ0) is 12.0. The molecule has 0 unspecified atom stereocenters. The number of esters is 2. The Bertz CT molecular complexity index is 372. The van der Waals surface area contributed by atoms with Gasteiger partial charge in [0.05, 0.1) is 6.61 Å². The van der Waals surface area contributed by atoms with Crippen LogP contribution in [0.25, 0.3) is 0 Å². The first-order chi connectivity index (χ1) is 7.61. The summed E-state index contributed by atoms with van der Waals surface area (Å²) in [6.07, 6.45) is -0.392. The lowest BCUT2D eigenvalue weighted by molar-refractivity contribution is -0.149. The van der Waals surface area contributed by atoms with Crippen LogP contribution in [0.5, 0.6) is 5.75 Å². The average Bonchev–Trinajstić information content (AvgIpc) is 2.21. The molecule has 1 aromatic rings. The highest BCUT2D eigenvalue weighted by atomic mass is 35.5. The van der Waals surface area contributed by atoms with Crippen LogP contribution in [0.1, 0.15) is 13.3 Å². The predicted molar refractivity (Wildman–Crippen MR) is 58.3 cm³/mol. The third-order valence-electron chi connectivity index (χ3n) is 1.64. The lowest BCUT2D eigenvalue weighted by Crippen LogP contribution is -2.15. The molecule has 0 bridgehead atoms. The fraction of sp³-hybridized carbons (Fsp3) is 0.273. The van der Waals surface area contributed by atoms with Crippen LogP contribution < -0.4 is 4.74 Å². The van der Waals surface area contributed by atoms with Crippen LogP contribution in [0.4, 0.5) is 0 Å². The summed E-state index contributed by atoms with van der Waals surface area (Å²) in [6.45, 7) is 1.91. The summed E-state index contributed by atoms with van der Waals surface area (Å²) in [6, 6.07) is 6.28. The molecule has 86 valence electrons. The normalized spacial score (nSPS) is 9.62. The smallest absolute Gasteiger partial charge is 0.322 e. The van der Waals surface area contributed by atoms with E-state index < -0.39 is 18.4 Å². The van der Waals surface area contributed by atoms with Crippen molar-refractivity contribution in [3.05, 3.63) is 29.3 Å². The first-order valence-electron chi connectivity index (χ1n) is 4.73. The minimum absolute atomic E-state index is 0.243. The molecule has 5 heteroatoms. The van der Waals surface area contributed by atoms with Gasteiger partial charge >= 0.3 is 11.9 Å². The summed E-state index contributed by atoms with van der Waals surface area (Å²) >= 11 is 5.66. The average molecular weight is 243 g/mol. The topological polar surface area (TPSA) is 52.6 Å². The zero-order valence-corrected chi connectivity index (χ0v) is 9.49. The molecule has 0 saturated heterocycles. The van der Waals surface area contributed by atoms with Crippen LogP contribution in [0.2, 0.25) is 5.02 Å². The Balaban J connectivity index is 2.45. The molecule has 0 N–H and O–H groups in total. The van der Waals surface area contributed by atoms with Gasteiger partial charge in [0.1, 0.15) is 12.2 Å². The highest BCUT2D eigenvalue weighted by Gasteiger charge is 2.12. The molecule has 0 aliphatic rings. The summed E-state index contributed by atoms with van der Waals surface area (Å²) in [4.78, 5) is 22.2. The second-order valence-corrected chi connectivity index (χ2v) is 3.35. The molecule has 0 radical (unpaired) electrons. The lowest BCUT2D eigenvalue weighted by Gasteiger charge is -2.03. The van der Waals surface area contributed by atoms with Gasteiger partial charge in [0.25, 0.3) is 0 Å². The number of ether oxygens (including phenoxy) is 2. The molecule has 4 nitrogen and oxygen atoms in total. The van der Waals surface area contributed by atoms with Crippen LogP contribution in [0, 0.1) is 0 Å². The van der Waals surface area contributed by atoms with Gasteiger partial charge in [-0.05, 0) is 31.2 Å². The summed E-state index contributed by atoms with van der Waals surface area (Å²) in [5, 5.41) is 0.546. The summed E-state index contributed by atoms with van der Waals surface area (Å²) in [5.74, 6) is -0.902. The molecule has 0 heterocycles. The Morgan fingerprint density at radius 2 is 1.81 bits per heavy atom. The van der Waals surface area contributed by atoms with Gasteiger partial charge in [-0.25, -0.2) is 0 Å². The maximum Gasteiger partial charge on any atom is 0.322 e. The van der Waals surface area contributed by atoms with E-state index in [9.17, 15) is 9.59 Å². The first kappa shape index (κ1) is 12.5. The lowest BCUT2D eigenvalue weighted by atomic mass is 10.3. The zero-order valence-electron chi connectivity index (χ0n) is 8.73. The number of hydrogen-bond donors (Lipinski definition) is 0. The van der Waals surface area contributed by atoms with E-state index in [1.165, 1.54) is 0 Å². The molecule has 0 fully saturated rings. The minimum Gasteiger partial charge on any atom is -0.466 e. The van der Waals surface area contributed by atoms with Crippen molar-refractivity contribution in [2.24, 2.45) is 0 Å². The highest BCUT2D eigenvalue weighted by molar-refractivity contribution is 6.30. The Labute approximate surface area is 98.1 Å². The van der Waals surface area contributed by atoms with E-state index in [0.29, 0.717) is 10.8 Å². The Morgan fingerprint density at radius 1 is 1.19 bits per heavy atom. The second-order valence-electron chi connectivity index (χ2n) is 2.91. The Kier molecular flexibility index (Phi) is 4.79. The van der Waals surface area contributed by atoms with Gasteiger partial charge in [0.2, 0.25) is 0 Å². The van der Waals surface area contributed by atoms with E-state index in [1.807, 2.05) is 0 Å². The molecular weight excluding hydrogens is 232 g/mol. The second kappa shape index (κ2) is 6.12. The van der Waals surface area contributed by atoms with Crippen LogP contribution in [-0.2, 0) is 14.3 Å². The van der Waals surface area contributed by atoms with Crippen LogP contribution in [-0.4, -0.2) is 18.5 Å². The van der Waals surface area contributed by atoms with Gasteiger partial charge in [-0.3, -0.25) is 9.59 Å². The van der Waals surface area contributed by atoms with Gasteiger partial charge in [0.15, 0.2) is 0 Å². The van der Waals surface area contributed by atoms with E-state index in [4.69, 9.17) is 16.3 Å². The molecule has 1 rings (SSSR count). The van der Waals surface area contributed by atoms with Crippen molar-refractivity contribution in [2.75, 3.05) is 6.61 Å². The third kappa shape index (κ3) is 4.31. The van der Waals surface area contributed by atoms with Gasteiger partial charge < -0.3 is 9.47 Å². The van der Waals surface area contributed by atoms with E-state index in [2.05, 4.69) is 4.74 Å². The van der Waals surface area contributed by atoms with Gasteiger partial charge in [-0.15, -0.1) is 0 Å². The van der Waals surface area contributed by atoms with Crippen molar-refractivity contribution in [2.45, 2.75) is 13.3 Å². The summed E-state index contributed by atoms with van der Waals surface area (Å²) < 4.78 is 9.50. The van der Waals surface area contributed by atoms with Crippen molar-refractivity contribution < 1.29 is 19.1 Å². The van der Waals surface area contributed by atoms with Crippen LogP contribution in [0.3, 0.4) is 0 Å². The molecule has 0 aromatic heterocycles. The minimum atomic E-state index is -0.652. The van der Waals surface area contributed by atoms with Gasteiger partial charge in [0, 0.05) is 5.02 Å². The van der Waals surface area contributed by atoms with Crippen LogP contribution >= 0.6 is 11.6 Å². The first-order valence-corrected chi connectivity index (χ1v) is 5.11. The van der Waals surface area contributed by atoms with E-state index >= 15 is 0 Å². The largest absolute Gasteiger partial charge is 0.466 e. The molecule has 16 heavy (non-hydrogen) atoms. The molecule has 0 spiro atoms. The van der Waals surface area contributed by atoms with Crippen molar-refractivity contribution >= 4 is 23.5 Å². The molecule has 0 saturated carbocycles. The summed E-state index contributed by atoms with van der Waals surface area (Å²) in [5.41, 5.74) is 0. The maximum absolute atomic E-state index is 11.2. The molecular formula is C11H11ClO4. The number of hydrogen-bond acceptors (Lipinski definition) is 4. The molecule has 0 atom stereocenters. The van der Waals surface area contributed by atoms with Crippen molar-refractivity contribution in [1.29, 1.82) is 0 Å². The van der Waals surface area contributed by atoms with Crippen molar-refractivity contribution in [3.63, 3.8) is 0 Å². The van der Waals surface area contributed by atoms with Gasteiger partial charge in [-0.1, -0.05) is 11.6 Å². The number of benzene rings is 1. The fourth-order valence-electron chi connectivity index (χ4n) is 1.00. The fourth-order valence-corrected chi connectivity index (χ4v) is 1.13. The number of carbonyl (C=O) groups excluding carboxylic acids is 2. The monoisotopic (exact) mass is 242 g/mol. The molecule has 0 aliphatic carbocycles. The van der Waals surface area contributed by atoms with E-state index in [1.54, 1.807) is 31.2 Å². The quantitative estimate of drug-likeness (QED) is 0.461. The van der Waals surface area contributed by atoms with Crippen LogP contribution in [0.15, 0.2) is 24.3 Å². The SMILES string of the molecule is CCOC(=O)CC(=O)Oc1ccc(Cl)cc1. The standard InChI is InChI=1S/C11H11ClO4/c1-2-15-10(13)7-11(14)16-9-5-3-8(12)4-6-9/h3-6H,2,7H2,1H3. The Hall–Kier alpha value is -1.55. The molecule has 0 aliphatic heterocycles.